The van der Waals surface area contributed by atoms with Gasteiger partial charge in [0, 0.05) is 0 Å². The van der Waals surface area contributed by atoms with Crippen LogP contribution in [0, 0.1) is 6.92 Å². The van der Waals surface area contributed by atoms with E-state index in [4.69, 9.17) is 14.2 Å². The van der Waals surface area contributed by atoms with Gasteiger partial charge in [-0.05, 0) is 31.5 Å². The lowest BCUT2D eigenvalue weighted by Gasteiger charge is -2.14. The van der Waals surface area contributed by atoms with Gasteiger partial charge in [-0.25, -0.2) is 9.59 Å². The number of rotatable bonds is 6. The molecule has 0 aromatic heterocycles. The summed E-state index contributed by atoms with van der Waals surface area (Å²) in [4.78, 5) is 22.8. The molecular weight excluding hydrogens is 264 g/mol. The number of ether oxygens (including phenoxy) is 4. The highest BCUT2D eigenvalue weighted by Crippen LogP contribution is 2.32. The molecule has 0 aliphatic carbocycles. The molecule has 6 heteroatoms. The van der Waals surface area contributed by atoms with Gasteiger partial charge in [0.15, 0.2) is 18.1 Å². The molecule has 0 saturated carbocycles. The Balaban J connectivity index is 2.96. The zero-order valence-corrected chi connectivity index (χ0v) is 12.0. The molecule has 20 heavy (non-hydrogen) atoms. The molecule has 0 amide bonds. The second-order valence-electron chi connectivity index (χ2n) is 3.91. The SMILES string of the molecule is CCOC(=O)COc1c(C)cc(C(=O)OC)cc1OC. The molecular formula is C14H18O6. The van der Waals surface area contributed by atoms with Gasteiger partial charge in [0.1, 0.15) is 0 Å². The maximum Gasteiger partial charge on any atom is 0.344 e. The highest BCUT2D eigenvalue weighted by Gasteiger charge is 2.16. The summed E-state index contributed by atoms with van der Waals surface area (Å²) >= 11 is 0. The summed E-state index contributed by atoms with van der Waals surface area (Å²) in [5, 5.41) is 0. The Bertz CT molecular complexity index is 495. The van der Waals surface area contributed by atoms with Crippen LogP contribution in [0.3, 0.4) is 0 Å². The van der Waals surface area contributed by atoms with E-state index in [0.29, 0.717) is 29.2 Å². The summed E-state index contributed by atoms with van der Waals surface area (Å²) in [5.41, 5.74) is 1.01. The summed E-state index contributed by atoms with van der Waals surface area (Å²) < 4.78 is 20.0. The van der Waals surface area contributed by atoms with E-state index >= 15 is 0 Å². The smallest absolute Gasteiger partial charge is 0.344 e. The lowest BCUT2D eigenvalue weighted by Crippen LogP contribution is -2.15. The maximum atomic E-state index is 11.5. The molecule has 0 radical (unpaired) electrons. The Hall–Kier alpha value is -2.24. The van der Waals surface area contributed by atoms with Gasteiger partial charge >= 0.3 is 11.9 Å². The molecule has 0 heterocycles. The Labute approximate surface area is 117 Å². The minimum Gasteiger partial charge on any atom is -0.493 e. The summed E-state index contributed by atoms with van der Waals surface area (Å²) in [7, 11) is 2.75. The minimum atomic E-state index is -0.469. The van der Waals surface area contributed by atoms with Crippen LogP contribution in [-0.2, 0) is 14.3 Å². The third kappa shape index (κ3) is 3.88. The minimum absolute atomic E-state index is 0.220. The van der Waals surface area contributed by atoms with Crippen molar-refractivity contribution in [1.82, 2.24) is 0 Å². The van der Waals surface area contributed by atoms with Crippen LogP contribution < -0.4 is 9.47 Å². The fourth-order valence-corrected chi connectivity index (χ4v) is 1.65. The quantitative estimate of drug-likeness (QED) is 0.740. The van der Waals surface area contributed by atoms with Gasteiger partial charge in [-0.2, -0.15) is 0 Å². The van der Waals surface area contributed by atoms with Crippen molar-refractivity contribution in [1.29, 1.82) is 0 Å². The average molecular weight is 282 g/mol. The monoisotopic (exact) mass is 282 g/mol. The predicted molar refractivity (Wildman–Crippen MR) is 71.2 cm³/mol. The van der Waals surface area contributed by atoms with Crippen LogP contribution in [0.4, 0.5) is 0 Å². The van der Waals surface area contributed by atoms with Gasteiger partial charge in [-0.15, -0.1) is 0 Å². The molecule has 0 bridgehead atoms. The fraction of sp³-hybridized carbons (Fsp3) is 0.429. The van der Waals surface area contributed by atoms with Gasteiger partial charge in [0.05, 0.1) is 26.4 Å². The number of carbonyl (C=O) groups is 2. The molecule has 0 unspecified atom stereocenters. The third-order valence-corrected chi connectivity index (χ3v) is 2.52. The molecule has 0 aliphatic heterocycles. The number of aryl methyl sites for hydroxylation is 1. The van der Waals surface area contributed by atoms with E-state index in [9.17, 15) is 9.59 Å². The predicted octanol–water partition coefficient (Wildman–Crippen LogP) is 1.73. The zero-order valence-electron chi connectivity index (χ0n) is 12.0. The van der Waals surface area contributed by atoms with Gasteiger partial charge < -0.3 is 18.9 Å². The molecule has 6 nitrogen and oxygen atoms in total. The van der Waals surface area contributed by atoms with Crippen molar-refractivity contribution < 1.29 is 28.5 Å². The zero-order chi connectivity index (χ0) is 15.1. The largest absolute Gasteiger partial charge is 0.493 e. The summed E-state index contributed by atoms with van der Waals surface area (Å²) in [6.07, 6.45) is 0. The molecule has 0 fully saturated rings. The van der Waals surface area contributed by atoms with Gasteiger partial charge in [0.25, 0.3) is 0 Å². The standard InChI is InChI=1S/C14H18O6/c1-5-19-12(15)8-20-13-9(2)6-10(14(16)18-4)7-11(13)17-3/h6-7H,5,8H2,1-4H3. The average Bonchev–Trinajstić information content (AvgIpc) is 2.44. The number of carbonyl (C=O) groups excluding carboxylic acids is 2. The Morgan fingerprint density at radius 3 is 2.45 bits per heavy atom. The lowest BCUT2D eigenvalue weighted by atomic mass is 10.1. The molecule has 1 rings (SSSR count). The number of hydrogen-bond acceptors (Lipinski definition) is 6. The van der Waals surface area contributed by atoms with Crippen molar-refractivity contribution in [2.45, 2.75) is 13.8 Å². The van der Waals surface area contributed by atoms with Crippen molar-refractivity contribution in [3.8, 4) is 11.5 Å². The second-order valence-corrected chi connectivity index (χ2v) is 3.91. The topological polar surface area (TPSA) is 71.1 Å². The first-order valence-electron chi connectivity index (χ1n) is 6.08. The molecule has 0 N–H and O–H groups in total. The number of hydrogen-bond donors (Lipinski definition) is 0. The Morgan fingerprint density at radius 2 is 1.90 bits per heavy atom. The molecule has 110 valence electrons. The van der Waals surface area contributed by atoms with Crippen molar-refractivity contribution in [3.63, 3.8) is 0 Å². The van der Waals surface area contributed by atoms with Crippen LogP contribution in [0.2, 0.25) is 0 Å². The number of methoxy groups -OCH3 is 2. The van der Waals surface area contributed by atoms with Crippen LogP contribution in [0.1, 0.15) is 22.8 Å². The lowest BCUT2D eigenvalue weighted by molar-refractivity contribution is -0.145. The van der Waals surface area contributed by atoms with Gasteiger partial charge in [0.2, 0.25) is 0 Å². The Kier molecular flexibility index (Phi) is 5.83. The normalized spacial score (nSPS) is 9.80. The van der Waals surface area contributed by atoms with E-state index in [1.54, 1.807) is 19.9 Å². The van der Waals surface area contributed by atoms with E-state index in [2.05, 4.69) is 4.74 Å². The third-order valence-electron chi connectivity index (χ3n) is 2.52. The van der Waals surface area contributed by atoms with E-state index in [1.807, 2.05) is 0 Å². The molecule has 0 aliphatic rings. The molecule has 0 saturated heterocycles. The highest BCUT2D eigenvalue weighted by molar-refractivity contribution is 5.90. The second kappa shape index (κ2) is 7.37. The molecule has 0 atom stereocenters. The Morgan fingerprint density at radius 1 is 1.20 bits per heavy atom. The van der Waals surface area contributed by atoms with E-state index < -0.39 is 11.9 Å². The molecule has 0 spiro atoms. The van der Waals surface area contributed by atoms with Crippen LogP contribution in [-0.4, -0.2) is 39.4 Å². The summed E-state index contributed by atoms with van der Waals surface area (Å²) in [6.45, 7) is 3.53. The first-order valence-corrected chi connectivity index (χ1v) is 6.08. The van der Waals surface area contributed by atoms with Crippen LogP contribution >= 0.6 is 0 Å². The van der Waals surface area contributed by atoms with Crippen molar-refractivity contribution in [2.75, 3.05) is 27.4 Å². The first-order chi connectivity index (χ1) is 9.53. The molecule has 1 aromatic carbocycles. The van der Waals surface area contributed by atoms with E-state index in [-0.39, 0.29) is 6.61 Å². The summed E-state index contributed by atoms with van der Waals surface area (Å²) in [5.74, 6) is -0.183. The first kappa shape index (κ1) is 15.8. The van der Waals surface area contributed by atoms with E-state index in [0.717, 1.165) is 0 Å². The van der Waals surface area contributed by atoms with Crippen LogP contribution in [0.25, 0.3) is 0 Å². The maximum absolute atomic E-state index is 11.5. The number of benzene rings is 1. The van der Waals surface area contributed by atoms with Gasteiger partial charge in [-0.3, -0.25) is 0 Å². The fourth-order valence-electron chi connectivity index (χ4n) is 1.65. The highest BCUT2D eigenvalue weighted by atomic mass is 16.6. The van der Waals surface area contributed by atoms with E-state index in [1.165, 1.54) is 20.3 Å². The van der Waals surface area contributed by atoms with Crippen LogP contribution in [0.15, 0.2) is 12.1 Å². The van der Waals surface area contributed by atoms with Crippen LogP contribution in [0.5, 0.6) is 11.5 Å². The molecule has 1 aromatic rings. The summed E-state index contributed by atoms with van der Waals surface area (Å²) in [6, 6.07) is 3.11. The van der Waals surface area contributed by atoms with Crippen molar-refractivity contribution in [3.05, 3.63) is 23.3 Å². The van der Waals surface area contributed by atoms with Crippen molar-refractivity contribution in [2.24, 2.45) is 0 Å². The van der Waals surface area contributed by atoms with Crippen molar-refractivity contribution >= 4 is 11.9 Å². The van der Waals surface area contributed by atoms with Gasteiger partial charge in [-0.1, -0.05) is 0 Å². The number of esters is 2.